The molecule has 0 fully saturated rings. The van der Waals surface area contributed by atoms with Crippen molar-refractivity contribution in [1.82, 2.24) is 4.98 Å². The first-order chi connectivity index (χ1) is 7.83. The fourth-order valence-electron chi connectivity index (χ4n) is 2.28. The fourth-order valence-corrected chi connectivity index (χ4v) is 3.05. The van der Waals surface area contributed by atoms with Crippen molar-refractivity contribution in [2.45, 2.75) is 25.7 Å². The highest BCUT2D eigenvalue weighted by atomic mass is 35.5. The molecule has 0 atom stereocenters. The van der Waals surface area contributed by atoms with Crippen molar-refractivity contribution in [3.8, 4) is 11.3 Å². The number of hydrogen-bond donors (Lipinski definition) is 0. The van der Waals surface area contributed by atoms with Gasteiger partial charge < -0.3 is 0 Å². The topological polar surface area (TPSA) is 12.9 Å². The zero-order valence-electron chi connectivity index (χ0n) is 8.87. The molecule has 0 bridgehead atoms. The molecular weight excluding hydrogens is 238 g/mol. The minimum absolute atomic E-state index is 0.618. The van der Waals surface area contributed by atoms with Gasteiger partial charge in [0.25, 0.3) is 0 Å². The van der Waals surface area contributed by atoms with Crippen LogP contribution in [0.2, 0.25) is 4.47 Å². The maximum Gasteiger partial charge on any atom is 0.184 e. The van der Waals surface area contributed by atoms with E-state index in [1.165, 1.54) is 53.7 Å². The highest BCUT2D eigenvalue weighted by Gasteiger charge is 2.11. The maximum atomic E-state index is 5.86. The SMILES string of the molecule is Clc1nc(-c2ccc3c(c2)CCCC3)cs1. The van der Waals surface area contributed by atoms with Gasteiger partial charge in [0.15, 0.2) is 4.47 Å². The lowest BCUT2D eigenvalue weighted by Gasteiger charge is -2.15. The molecule has 1 aromatic heterocycles. The van der Waals surface area contributed by atoms with Crippen LogP contribution in [0.15, 0.2) is 23.6 Å². The van der Waals surface area contributed by atoms with Gasteiger partial charge in [-0.1, -0.05) is 23.7 Å². The van der Waals surface area contributed by atoms with E-state index in [2.05, 4.69) is 23.2 Å². The molecule has 0 radical (unpaired) electrons. The smallest absolute Gasteiger partial charge is 0.184 e. The minimum Gasteiger partial charge on any atom is -0.225 e. The third kappa shape index (κ3) is 1.87. The Bertz CT molecular complexity index is 518. The monoisotopic (exact) mass is 249 g/mol. The summed E-state index contributed by atoms with van der Waals surface area (Å²) in [5.74, 6) is 0. The molecule has 0 spiro atoms. The molecule has 1 aromatic carbocycles. The van der Waals surface area contributed by atoms with Crippen LogP contribution in [0, 0.1) is 0 Å². The summed E-state index contributed by atoms with van der Waals surface area (Å²) in [5.41, 5.74) is 5.20. The molecule has 1 heterocycles. The van der Waals surface area contributed by atoms with Gasteiger partial charge in [0.1, 0.15) is 0 Å². The van der Waals surface area contributed by atoms with Gasteiger partial charge in [0, 0.05) is 10.9 Å². The highest BCUT2D eigenvalue weighted by molar-refractivity contribution is 7.14. The lowest BCUT2D eigenvalue weighted by molar-refractivity contribution is 0.686. The summed E-state index contributed by atoms with van der Waals surface area (Å²) in [6.07, 6.45) is 5.08. The Balaban J connectivity index is 2.02. The summed E-state index contributed by atoms with van der Waals surface area (Å²) >= 11 is 7.35. The summed E-state index contributed by atoms with van der Waals surface area (Å²) in [6.45, 7) is 0. The molecule has 2 aromatic rings. The number of nitrogens with zero attached hydrogens (tertiary/aromatic N) is 1. The van der Waals surface area contributed by atoms with Gasteiger partial charge in [0.05, 0.1) is 5.69 Å². The number of fused-ring (bicyclic) bond motifs is 1. The van der Waals surface area contributed by atoms with Crippen molar-refractivity contribution in [3.63, 3.8) is 0 Å². The van der Waals surface area contributed by atoms with E-state index in [0.717, 1.165) is 5.69 Å². The van der Waals surface area contributed by atoms with Crippen LogP contribution in [0.5, 0.6) is 0 Å². The van der Waals surface area contributed by atoms with Crippen molar-refractivity contribution >= 4 is 22.9 Å². The van der Waals surface area contributed by atoms with E-state index >= 15 is 0 Å². The lowest BCUT2D eigenvalue weighted by atomic mass is 9.90. The molecule has 0 saturated heterocycles. The molecular formula is C13H12ClNS. The minimum atomic E-state index is 0.618. The summed E-state index contributed by atoms with van der Waals surface area (Å²) in [4.78, 5) is 4.31. The first kappa shape index (κ1) is 10.3. The average Bonchev–Trinajstić information content (AvgIpc) is 2.75. The lowest BCUT2D eigenvalue weighted by Crippen LogP contribution is -2.02. The largest absolute Gasteiger partial charge is 0.225 e. The first-order valence-corrected chi connectivity index (χ1v) is 6.82. The molecule has 1 aliphatic carbocycles. The van der Waals surface area contributed by atoms with Gasteiger partial charge in [-0.25, -0.2) is 4.98 Å². The molecule has 0 aliphatic heterocycles. The van der Waals surface area contributed by atoms with Gasteiger partial charge in [0.2, 0.25) is 0 Å². The standard InChI is InChI=1S/C13H12ClNS/c14-13-15-12(8-16-13)11-6-5-9-3-1-2-4-10(9)7-11/h5-8H,1-4H2. The molecule has 3 heteroatoms. The number of thiazole rings is 1. The van der Waals surface area contributed by atoms with Crippen LogP contribution < -0.4 is 0 Å². The number of hydrogen-bond acceptors (Lipinski definition) is 2. The number of aromatic nitrogens is 1. The van der Waals surface area contributed by atoms with Crippen molar-refractivity contribution in [3.05, 3.63) is 39.2 Å². The van der Waals surface area contributed by atoms with Gasteiger partial charge in [-0.05, 0) is 42.9 Å². The van der Waals surface area contributed by atoms with Gasteiger partial charge >= 0.3 is 0 Å². The van der Waals surface area contributed by atoms with E-state index in [-0.39, 0.29) is 0 Å². The van der Waals surface area contributed by atoms with Crippen LogP contribution in [0.25, 0.3) is 11.3 Å². The van der Waals surface area contributed by atoms with Gasteiger partial charge in [-0.15, -0.1) is 11.3 Å². The molecule has 0 saturated carbocycles. The van der Waals surface area contributed by atoms with Crippen LogP contribution >= 0.6 is 22.9 Å². The molecule has 0 unspecified atom stereocenters. The quantitative estimate of drug-likeness (QED) is 0.733. The summed E-state index contributed by atoms with van der Waals surface area (Å²) in [6, 6.07) is 6.69. The Kier molecular flexibility index (Phi) is 2.70. The Morgan fingerprint density at radius 1 is 1.12 bits per heavy atom. The molecule has 16 heavy (non-hydrogen) atoms. The second kappa shape index (κ2) is 4.19. The zero-order valence-corrected chi connectivity index (χ0v) is 10.4. The van der Waals surface area contributed by atoms with Crippen LogP contribution in [0.4, 0.5) is 0 Å². The zero-order chi connectivity index (χ0) is 11.0. The number of rotatable bonds is 1. The average molecular weight is 250 g/mol. The van der Waals surface area contributed by atoms with Crippen LogP contribution in [-0.2, 0) is 12.8 Å². The van der Waals surface area contributed by atoms with Crippen molar-refractivity contribution < 1.29 is 0 Å². The highest BCUT2D eigenvalue weighted by Crippen LogP contribution is 2.29. The van der Waals surface area contributed by atoms with Crippen molar-refractivity contribution in [1.29, 1.82) is 0 Å². The molecule has 1 nitrogen and oxygen atoms in total. The van der Waals surface area contributed by atoms with Crippen molar-refractivity contribution in [2.24, 2.45) is 0 Å². The fraction of sp³-hybridized carbons (Fsp3) is 0.308. The number of benzene rings is 1. The summed E-state index contributed by atoms with van der Waals surface area (Å²) < 4.78 is 0.618. The van der Waals surface area contributed by atoms with Crippen molar-refractivity contribution in [2.75, 3.05) is 0 Å². The molecule has 0 N–H and O–H groups in total. The Hall–Kier alpha value is -0.860. The van der Waals surface area contributed by atoms with Crippen LogP contribution in [-0.4, -0.2) is 4.98 Å². The first-order valence-electron chi connectivity index (χ1n) is 5.56. The second-order valence-electron chi connectivity index (χ2n) is 4.18. The Morgan fingerprint density at radius 2 is 1.94 bits per heavy atom. The van der Waals surface area contributed by atoms with Gasteiger partial charge in [-0.3, -0.25) is 0 Å². The third-order valence-corrected chi connectivity index (χ3v) is 4.10. The van der Waals surface area contributed by atoms with Crippen LogP contribution in [0.1, 0.15) is 24.0 Å². The van der Waals surface area contributed by atoms with Gasteiger partial charge in [-0.2, -0.15) is 0 Å². The summed E-state index contributed by atoms with van der Waals surface area (Å²) in [7, 11) is 0. The molecule has 0 amide bonds. The molecule has 3 rings (SSSR count). The van der Waals surface area contributed by atoms with E-state index in [9.17, 15) is 0 Å². The maximum absolute atomic E-state index is 5.86. The van der Waals surface area contributed by atoms with E-state index < -0.39 is 0 Å². The van der Waals surface area contributed by atoms with E-state index in [4.69, 9.17) is 11.6 Å². The summed E-state index contributed by atoms with van der Waals surface area (Å²) in [5, 5.41) is 2.02. The Morgan fingerprint density at radius 3 is 2.69 bits per heavy atom. The normalized spacial score (nSPS) is 14.8. The van der Waals surface area contributed by atoms with E-state index in [1.54, 1.807) is 0 Å². The van der Waals surface area contributed by atoms with Crippen LogP contribution in [0.3, 0.4) is 0 Å². The predicted octanol–water partition coefficient (Wildman–Crippen LogP) is 4.34. The Labute approximate surface area is 104 Å². The molecule has 82 valence electrons. The molecule has 1 aliphatic rings. The third-order valence-electron chi connectivity index (χ3n) is 3.12. The van der Waals surface area contributed by atoms with E-state index in [1.807, 2.05) is 5.38 Å². The second-order valence-corrected chi connectivity index (χ2v) is 5.62. The number of halogens is 1. The predicted molar refractivity (Wildman–Crippen MR) is 69.2 cm³/mol. The van der Waals surface area contributed by atoms with E-state index in [0.29, 0.717) is 4.47 Å². The number of aryl methyl sites for hydroxylation is 2.